The number of methoxy groups -OCH3 is 2. The van der Waals surface area contributed by atoms with Crippen molar-refractivity contribution in [2.75, 3.05) is 27.4 Å². The number of ether oxygens (including phenoxy) is 4. The van der Waals surface area contributed by atoms with Crippen LogP contribution in [0, 0.1) is 0 Å². The Bertz CT molecular complexity index is 649. The van der Waals surface area contributed by atoms with Crippen LogP contribution in [0.4, 0.5) is 4.79 Å². The van der Waals surface area contributed by atoms with Gasteiger partial charge in [0.25, 0.3) is 0 Å². The molecule has 0 unspecified atom stereocenters. The van der Waals surface area contributed by atoms with Gasteiger partial charge in [0.2, 0.25) is 0 Å². The first-order valence-corrected chi connectivity index (χ1v) is 8.94. The van der Waals surface area contributed by atoms with E-state index in [1.807, 2.05) is 0 Å². The minimum Gasteiger partial charge on any atom is -0.493 e. The highest BCUT2D eigenvalue weighted by atomic mass is 16.6. The average molecular weight is 396 g/mol. The number of hydrogen-bond acceptors (Lipinski definition) is 8. The van der Waals surface area contributed by atoms with E-state index in [-0.39, 0.29) is 11.4 Å². The molecule has 0 fully saturated rings. The summed E-state index contributed by atoms with van der Waals surface area (Å²) in [6, 6.07) is 2.81. The standard InChI is InChI=1S/C19H28N2O7/c1-19(2,3)28-18(24)20-9-7-6-8-10-27-13-11-14(16(22)25-4)21-15(12-13)17(23)26-5/h11-12H,6-10H2,1-5H3,(H,20,24). The molecule has 1 rings (SSSR count). The minimum absolute atomic E-state index is 0.0399. The molecule has 0 aliphatic heterocycles. The van der Waals surface area contributed by atoms with Crippen molar-refractivity contribution in [1.29, 1.82) is 0 Å². The van der Waals surface area contributed by atoms with E-state index in [0.717, 1.165) is 19.3 Å². The summed E-state index contributed by atoms with van der Waals surface area (Å²) in [5, 5.41) is 2.69. The molecule has 0 bridgehead atoms. The molecule has 1 aromatic heterocycles. The van der Waals surface area contributed by atoms with Crippen molar-refractivity contribution in [3.8, 4) is 5.75 Å². The zero-order chi connectivity index (χ0) is 21.2. The van der Waals surface area contributed by atoms with E-state index >= 15 is 0 Å². The maximum Gasteiger partial charge on any atom is 0.407 e. The molecule has 156 valence electrons. The van der Waals surface area contributed by atoms with Crippen molar-refractivity contribution in [2.24, 2.45) is 0 Å². The number of alkyl carbamates (subject to hydrolysis) is 1. The lowest BCUT2D eigenvalue weighted by molar-refractivity contribution is 0.0523. The van der Waals surface area contributed by atoms with Crippen molar-refractivity contribution in [2.45, 2.75) is 45.6 Å². The molecule has 0 saturated heterocycles. The van der Waals surface area contributed by atoms with Crippen molar-refractivity contribution >= 4 is 18.0 Å². The van der Waals surface area contributed by atoms with Crippen LogP contribution < -0.4 is 10.1 Å². The van der Waals surface area contributed by atoms with E-state index < -0.39 is 23.6 Å². The number of hydrogen-bond donors (Lipinski definition) is 1. The summed E-state index contributed by atoms with van der Waals surface area (Å²) in [6.07, 6.45) is 1.86. The summed E-state index contributed by atoms with van der Waals surface area (Å²) < 4.78 is 20.0. The fraction of sp³-hybridized carbons (Fsp3) is 0.579. The largest absolute Gasteiger partial charge is 0.493 e. The molecule has 1 amide bonds. The van der Waals surface area contributed by atoms with Crippen LogP contribution in [0.15, 0.2) is 12.1 Å². The van der Waals surface area contributed by atoms with Gasteiger partial charge in [0, 0.05) is 18.7 Å². The number of rotatable bonds is 9. The Kier molecular flexibility index (Phi) is 9.20. The van der Waals surface area contributed by atoms with Gasteiger partial charge in [-0.05, 0) is 40.0 Å². The maximum atomic E-state index is 11.7. The normalized spacial score (nSPS) is 10.8. The number of esters is 2. The predicted octanol–water partition coefficient (Wildman–Crippen LogP) is 2.73. The smallest absolute Gasteiger partial charge is 0.407 e. The average Bonchev–Trinajstić information content (AvgIpc) is 2.64. The highest BCUT2D eigenvalue weighted by molar-refractivity contribution is 5.92. The summed E-state index contributed by atoms with van der Waals surface area (Å²) in [7, 11) is 2.45. The number of carbonyl (C=O) groups is 3. The molecule has 0 atom stereocenters. The van der Waals surface area contributed by atoms with Crippen LogP contribution >= 0.6 is 0 Å². The van der Waals surface area contributed by atoms with Crippen molar-refractivity contribution in [1.82, 2.24) is 10.3 Å². The Morgan fingerprint density at radius 1 is 0.964 bits per heavy atom. The van der Waals surface area contributed by atoms with Gasteiger partial charge in [0.05, 0.1) is 20.8 Å². The molecule has 0 spiro atoms. The monoisotopic (exact) mass is 396 g/mol. The summed E-state index contributed by atoms with van der Waals surface area (Å²) in [6.45, 7) is 6.29. The third-order valence-corrected chi connectivity index (χ3v) is 3.35. The second-order valence-electron chi connectivity index (χ2n) is 6.89. The van der Waals surface area contributed by atoms with Gasteiger partial charge in [-0.1, -0.05) is 0 Å². The zero-order valence-corrected chi connectivity index (χ0v) is 17.0. The van der Waals surface area contributed by atoms with Gasteiger partial charge >= 0.3 is 18.0 Å². The molecular weight excluding hydrogens is 368 g/mol. The van der Waals surface area contributed by atoms with Crippen molar-refractivity contribution in [3.63, 3.8) is 0 Å². The Morgan fingerprint density at radius 3 is 2.04 bits per heavy atom. The Labute approximate surface area is 164 Å². The van der Waals surface area contributed by atoms with Crippen molar-refractivity contribution in [3.05, 3.63) is 23.5 Å². The lowest BCUT2D eigenvalue weighted by atomic mass is 10.2. The lowest BCUT2D eigenvalue weighted by Gasteiger charge is -2.19. The lowest BCUT2D eigenvalue weighted by Crippen LogP contribution is -2.33. The molecule has 0 aliphatic rings. The number of amides is 1. The van der Waals surface area contributed by atoms with E-state index in [4.69, 9.17) is 9.47 Å². The second-order valence-corrected chi connectivity index (χ2v) is 6.89. The van der Waals surface area contributed by atoms with Crippen LogP contribution in [0.2, 0.25) is 0 Å². The second kappa shape index (κ2) is 11.1. The van der Waals surface area contributed by atoms with Crippen LogP contribution in [-0.4, -0.2) is 56.0 Å². The number of nitrogens with one attached hydrogen (secondary N) is 1. The first kappa shape index (κ1) is 23.2. The molecule has 0 aliphatic carbocycles. The van der Waals surface area contributed by atoms with E-state index in [9.17, 15) is 14.4 Å². The molecule has 0 radical (unpaired) electrons. The van der Waals surface area contributed by atoms with Crippen molar-refractivity contribution < 1.29 is 33.3 Å². The number of nitrogens with zero attached hydrogens (tertiary/aromatic N) is 1. The van der Waals surface area contributed by atoms with E-state index in [1.54, 1.807) is 20.8 Å². The number of unbranched alkanes of at least 4 members (excludes halogenated alkanes) is 2. The van der Waals surface area contributed by atoms with Gasteiger partial charge in [0.15, 0.2) is 11.4 Å². The first-order chi connectivity index (χ1) is 13.2. The maximum absolute atomic E-state index is 11.7. The molecule has 28 heavy (non-hydrogen) atoms. The van der Waals surface area contributed by atoms with E-state index in [2.05, 4.69) is 19.8 Å². The molecule has 0 saturated carbocycles. The molecule has 1 heterocycles. The quantitative estimate of drug-likeness (QED) is 0.385. The third-order valence-electron chi connectivity index (χ3n) is 3.35. The van der Waals surface area contributed by atoms with E-state index in [0.29, 0.717) is 18.9 Å². The minimum atomic E-state index is -0.677. The van der Waals surface area contributed by atoms with Crippen LogP contribution in [0.25, 0.3) is 0 Å². The van der Waals surface area contributed by atoms with Gasteiger partial charge in [-0.15, -0.1) is 0 Å². The number of pyridine rings is 1. The molecule has 9 nitrogen and oxygen atoms in total. The summed E-state index contributed by atoms with van der Waals surface area (Å²) in [5.74, 6) is -1.03. The van der Waals surface area contributed by atoms with E-state index in [1.165, 1.54) is 26.4 Å². The SMILES string of the molecule is COC(=O)c1cc(OCCCCCNC(=O)OC(C)(C)C)cc(C(=O)OC)n1. The molecule has 0 aromatic carbocycles. The topological polar surface area (TPSA) is 113 Å². The molecular formula is C19H28N2O7. The van der Waals surface area contributed by atoms with Crippen LogP contribution in [0.3, 0.4) is 0 Å². The van der Waals surface area contributed by atoms with Gasteiger partial charge in [-0.2, -0.15) is 0 Å². The van der Waals surface area contributed by atoms with Crippen LogP contribution in [0.5, 0.6) is 5.75 Å². The summed E-state index contributed by atoms with van der Waals surface area (Å²) in [4.78, 5) is 38.8. The predicted molar refractivity (Wildman–Crippen MR) is 100 cm³/mol. The Morgan fingerprint density at radius 2 is 1.54 bits per heavy atom. The zero-order valence-electron chi connectivity index (χ0n) is 17.0. The molecule has 1 N–H and O–H groups in total. The van der Waals surface area contributed by atoms with Crippen LogP contribution in [-0.2, 0) is 14.2 Å². The number of carbonyl (C=O) groups excluding carboxylic acids is 3. The van der Waals surface area contributed by atoms with Gasteiger partial charge in [0.1, 0.15) is 11.4 Å². The Balaban J connectivity index is 2.43. The fourth-order valence-electron chi connectivity index (χ4n) is 2.11. The van der Waals surface area contributed by atoms with Crippen LogP contribution in [0.1, 0.15) is 61.0 Å². The van der Waals surface area contributed by atoms with Gasteiger partial charge < -0.3 is 24.3 Å². The fourth-order valence-corrected chi connectivity index (χ4v) is 2.11. The molecule has 1 aromatic rings. The summed E-state index contributed by atoms with van der Waals surface area (Å²) >= 11 is 0. The van der Waals surface area contributed by atoms with Gasteiger partial charge in [-0.25, -0.2) is 19.4 Å². The first-order valence-electron chi connectivity index (χ1n) is 8.94. The molecule has 9 heteroatoms. The Hall–Kier alpha value is -2.84. The third kappa shape index (κ3) is 8.70. The highest BCUT2D eigenvalue weighted by Gasteiger charge is 2.17. The summed E-state index contributed by atoms with van der Waals surface area (Å²) in [5.41, 5.74) is -0.599. The highest BCUT2D eigenvalue weighted by Crippen LogP contribution is 2.16. The van der Waals surface area contributed by atoms with Gasteiger partial charge in [-0.3, -0.25) is 0 Å². The number of aromatic nitrogens is 1.